The van der Waals surface area contributed by atoms with Crippen LogP contribution in [0.4, 0.5) is 0 Å². The molecule has 3 rings (SSSR count). The van der Waals surface area contributed by atoms with Crippen LogP contribution < -0.4 is 0 Å². The molecule has 14 heteroatoms. The van der Waals surface area contributed by atoms with Crippen molar-refractivity contribution in [3.63, 3.8) is 0 Å². The minimum atomic E-state index is -5.07. The first-order valence-electron chi connectivity index (χ1n) is 7.67. The van der Waals surface area contributed by atoms with Crippen molar-refractivity contribution in [3.05, 3.63) is 0 Å². The standard InChI is InChI=1S/C12H20O13S/c13-1-3-5(14)9(6(15)11(17)22-3)24-12-7(16)10-8(25-26(18,19)20)4(23-12)2-21-10/h3-17H,1-2H2,(H,18,19,20)/p-1/t3-,4-,5+,6-,7-,8?,9+,10-,11-,12-/m1/s1. The molecule has 3 aliphatic heterocycles. The van der Waals surface area contributed by atoms with Gasteiger partial charge >= 0.3 is 0 Å². The van der Waals surface area contributed by atoms with Crippen LogP contribution in [-0.2, 0) is 33.5 Å². The van der Waals surface area contributed by atoms with Crippen LogP contribution in [-0.4, -0.2) is 113 Å². The molecule has 0 amide bonds. The Morgan fingerprint density at radius 3 is 2.35 bits per heavy atom. The van der Waals surface area contributed by atoms with Crippen LogP contribution in [0.25, 0.3) is 0 Å². The number of aliphatic hydroxyl groups excluding tert-OH is 5. The zero-order valence-electron chi connectivity index (χ0n) is 13.1. The molecule has 2 bridgehead atoms. The summed E-state index contributed by atoms with van der Waals surface area (Å²) in [5.41, 5.74) is 0. The fraction of sp³-hybridized carbons (Fsp3) is 1.00. The molecule has 0 aromatic carbocycles. The van der Waals surface area contributed by atoms with Gasteiger partial charge in [0.05, 0.1) is 13.2 Å². The van der Waals surface area contributed by atoms with Crippen molar-refractivity contribution < 1.29 is 61.6 Å². The third kappa shape index (κ3) is 3.87. The van der Waals surface area contributed by atoms with E-state index in [4.69, 9.17) is 24.1 Å². The van der Waals surface area contributed by atoms with Gasteiger partial charge < -0.3 is 49.0 Å². The van der Waals surface area contributed by atoms with Crippen LogP contribution in [0.2, 0.25) is 0 Å². The van der Waals surface area contributed by atoms with Crippen molar-refractivity contribution >= 4 is 10.4 Å². The van der Waals surface area contributed by atoms with E-state index in [1.54, 1.807) is 0 Å². The summed E-state index contributed by atoms with van der Waals surface area (Å²) in [5, 5.41) is 49.0. The molecule has 0 aliphatic carbocycles. The number of hydrogen-bond donors (Lipinski definition) is 5. The Hall–Kier alpha value is -0.490. The van der Waals surface area contributed by atoms with Gasteiger partial charge in [0.25, 0.3) is 0 Å². The van der Waals surface area contributed by atoms with Gasteiger partial charge in [0.1, 0.15) is 48.8 Å². The molecule has 26 heavy (non-hydrogen) atoms. The van der Waals surface area contributed by atoms with Gasteiger partial charge in [0, 0.05) is 0 Å². The van der Waals surface area contributed by atoms with E-state index in [0.29, 0.717) is 0 Å². The second-order valence-corrected chi connectivity index (χ2v) is 7.14. The van der Waals surface area contributed by atoms with Crippen molar-refractivity contribution in [1.82, 2.24) is 0 Å². The van der Waals surface area contributed by atoms with Gasteiger partial charge in [-0.05, 0) is 0 Å². The van der Waals surface area contributed by atoms with Crippen LogP contribution in [0, 0.1) is 0 Å². The highest BCUT2D eigenvalue weighted by atomic mass is 32.3. The van der Waals surface area contributed by atoms with Gasteiger partial charge in [-0.25, -0.2) is 8.42 Å². The highest BCUT2D eigenvalue weighted by Crippen LogP contribution is 2.35. The Morgan fingerprint density at radius 1 is 1.04 bits per heavy atom. The summed E-state index contributed by atoms with van der Waals surface area (Å²) in [5.74, 6) is 0. The van der Waals surface area contributed by atoms with Gasteiger partial charge in [0.2, 0.25) is 10.4 Å². The molecule has 3 fully saturated rings. The third-order valence-electron chi connectivity index (χ3n) is 4.43. The molecule has 5 N–H and O–H groups in total. The molecule has 3 aliphatic rings. The fourth-order valence-electron chi connectivity index (χ4n) is 3.17. The average Bonchev–Trinajstić information content (AvgIpc) is 2.84. The topological polar surface area (TPSA) is 204 Å². The molecule has 152 valence electrons. The van der Waals surface area contributed by atoms with Crippen LogP contribution in [0.1, 0.15) is 0 Å². The van der Waals surface area contributed by atoms with E-state index in [1.807, 2.05) is 0 Å². The van der Waals surface area contributed by atoms with E-state index < -0.39 is 78.4 Å². The monoisotopic (exact) mass is 403 g/mol. The van der Waals surface area contributed by atoms with E-state index in [2.05, 4.69) is 4.18 Å². The third-order valence-corrected chi connectivity index (χ3v) is 4.89. The number of rotatable bonds is 5. The molecule has 0 saturated carbocycles. The largest absolute Gasteiger partial charge is 0.726 e. The first kappa shape index (κ1) is 20.2. The average molecular weight is 403 g/mol. The van der Waals surface area contributed by atoms with Gasteiger partial charge in [-0.3, -0.25) is 4.18 Å². The Balaban J connectivity index is 1.71. The summed E-state index contributed by atoms with van der Waals surface area (Å²) in [4.78, 5) is 0. The zero-order valence-corrected chi connectivity index (χ0v) is 13.9. The second-order valence-electron chi connectivity index (χ2n) is 6.13. The zero-order chi connectivity index (χ0) is 19.2. The number of fused-ring (bicyclic) bond motifs is 2. The first-order chi connectivity index (χ1) is 12.1. The summed E-state index contributed by atoms with van der Waals surface area (Å²) in [6.45, 7) is -0.868. The van der Waals surface area contributed by atoms with Crippen LogP contribution in [0.5, 0.6) is 0 Å². The SMILES string of the molecule is O=S(=O)([O-])OC1[C@H]2CO[C@@H]1[C@@H](O)[C@@H](O[C@@H]1[C@@H](O)[C@H](O)O[C@H](CO)[C@@H]1O)O2. The molecule has 13 nitrogen and oxygen atoms in total. The summed E-state index contributed by atoms with van der Waals surface area (Å²) in [7, 11) is -5.07. The van der Waals surface area contributed by atoms with Crippen LogP contribution in [0.15, 0.2) is 0 Å². The molecule has 0 radical (unpaired) electrons. The molecule has 1 unspecified atom stereocenters. The summed E-state index contributed by atoms with van der Waals surface area (Å²) >= 11 is 0. The molecular weight excluding hydrogens is 384 g/mol. The summed E-state index contributed by atoms with van der Waals surface area (Å²) < 4.78 is 57.3. The Morgan fingerprint density at radius 2 is 1.73 bits per heavy atom. The van der Waals surface area contributed by atoms with Crippen LogP contribution in [0.3, 0.4) is 0 Å². The van der Waals surface area contributed by atoms with Gasteiger partial charge in [-0.2, -0.15) is 0 Å². The lowest BCUT2D eigenvalue weighted by atomic mass is 9.98. The van der Waals surface area contributed by atoms with Gasteiger partial charge in [-0.15, -0.1) is 0 Å². The van der Waals surface area contributed by atoms with E-state index >= 15 is 0 Å². The van der Waals surface area contributed by atoms with Gasteiger partial charge in [-0.1, -0.05) is 0 Å². The highest BCUT2D eigenvalue weighted by molar-refractivity contribution is 7.80. The van der Waals surface area contributed by atoms with Crippen molar-refractivity contribution in [2.75, 3.05) is 13.2 Å². The lowest BCUT2D eigenvalue weighted by Gasteiger charge is -2.44. The lowest BCUT2D eigenvalue weighted by Crippen LogP contribution is -2.63. The van der Waals surface area contributed by atoms with Gasteiger partial charge in [0.15, 0.2) is 12.6 Å². The first-order valence-corrected chi connectivity index (χ1v) is 9.01. The van der Waals surface area contributed by atoms with E-state index in [9.17, 15) is 33.4 Å². The lowest BCUT2D eigenvalue weighted by molar-refractivity contribution is -0.341. The molecule has 3 saturated heterocycles. The maximum Gasteiger partial charge on any atom is 0.218 e. The van der Waals surface area contributed by atoms with E-state index in [-0.39, 0.29) is 6.61 Å². The molecular formula is C12H19O13S-. The van der Waals surface area contributed by atoms with Crippen molar-refractivity contribution in [2.45, 2.75) is 61.4 Å². The van der Waals surface area contributed by atoms with Crippen molar-refractivity contribution in [2.24, 2.45) is 0 Å². The Kier molecular flexibility index (Phi) is 5.84. The minimum absolute atomic E-state index is 0.192. The molecule has 10 atom stereocenters. The quantitative estimate of drug-likeness (QED) is 0.216. The fourth-order valence-corrected chi connectivity index (χ4v) is 3.68. The van der Waals surface area contributed by atoms with Crippen LogP contribution >= 0.6 is 0 Å². The predicted octanol–water partition coefficient (Wildman–Crippen LogP) is -4.87. The van der Waals surface area contributed by atoms with E-state index in [0.717, 1.165) is 0 Å². The maximum absolute atomic E-state index is 10.8. The Labute approximate surface area is 147 Å². The second kappa shape index (κ2) is 7.50. The Bertz CT molecular complexity index is 598. The molecule has 0 aromatic rings. The number of ether oxygens (including phenoxy) is 4. The summed E-state index contributed by atoms with van der Waals surface area (Å²) in [6.07, 6.45) is -14.7. The minimum Gasteiger partial charge on any atom is -0.726 e. The number of hydrogen-bond acceptors (Lipinski definition) is 13. The highest BCUT2D eigenvalue weighted by Gasteiger charge is 2.55. The van der Waals surface area contributed by atoms with Crippen molar-refractivity contribution in [1.29, 1.82) is 0 Å². The molecule has 3 heterocycles. The predicted molar refractivity (Wildman–Crippen MR) is 73.8 cm³/mol. The number of aliphatic hydroxyl groups is 5. The molecule has 0 spiro atoms. The normalized spacial score (nSPS) is 49.3. The molecule has 0 aromatic heterocycles. The van der Waals surface area contributed by atoms with E-state index in [1.165, 1.54) is 0 Å². The maximum atomic E-state index is 10.8. The summed E-state index contributed by atoms with van der Waals surface area (Å²) in [6, 6.07) is 0. The van der Waals surface area contributed by atoms with Crippen molar-refractivity contribution in [3.8, 4) is 0 Å². The smallest absolute Gasteiger partial charge is 0.218 e.